The van der Waals surface area contributed by atoms with Gasteiger partial charge in [-0.15, -0.1) is 12.4 Å². The third-order valence-corrected chi connectivity index (χ3v) is 8.51. The maximum atomic E-state index is 14.1. The molecule has 0 spiro atoms. The number of halogens is 1. The van der Waals surface area contributed by atoms with E-state index in [2.05, 4.69) is 40.0 Å². The molecule has 3 heterocycles. The number of nitrogens with zero attached hydrogens (tertiary/aromatic N) is 4. The van der Waals surface area contributed by atoms with Gasteiger partial charge in [0.25, 0.3) is 5.91 Å². The molecule has 1 aliphatic carbocycles. The van der Waals surface area contributed by atoms with Gasteiger partial charge in [-0.2, -0.15) is 5.10 Å². The number of hydrazine groups is 1. The molecule has 0 atom stereocenters. The van der Waals surface area contributed by atoms with Gasteiger partial charge in [0.1, 0.15) is 5.75 Å². The summed E-state index contributed by atoms with van der Waals surface area (Å²) in [5.74, 6) is 0.395. The zero-order chi connectivity index (χ0) is 30.6. The average molecular weight is 638 g/mol. The largest absolute Gasteiger partial charge is 0.484 e. The molecule has 45 heavy (non-hydrogen) atoms. The van der Waals surface area contributed by atoms with Gasteiger partial charge < -0.3 is 19.7 Å². The van der Waals surface area contributed by atoms with E-state index in [0.29, 0.717) is 92.1 Å². The number of amides is 3. The summed E-state index contributed by atoms with van der Waals surface area (Å²) in [6.45, 7) is 9.74. The summed E-state index contributed by atoms with van der Waals surface area (Å²) in [4.78, 5) is 43.8. The third-order valence-electron chi connectivity index (χ3n) is 8.51. The number of carbonyl (C=O) groups is 3. The fraction of sp³-hybridized carbons (Fsp3) is 0.438. The molecule has 0 saturated carbocycles. The number of hydrogen-bond acceptors (Lipinski definition) is 9. The van der Waals surface area contributed by atoms with Crippen molar-refractivity contribution in [3.05, 3.63) is 64.7 Å². The highest BCUT2D eigenvalue weighted by atomic mass is 35.5. The smallest absolute Gasteiger partial charge is 0.333 e. The normalized spacial score (nSPS) is 18.7. The number of carbonyl (C=O) groups excluding carboxylic acids is 3. The summed E-state index contributed by atoms with van der Waals surface area (Å²) in [5, 5.41) is 9.34. The Bertz CT molecular complexity index is 1480. The Hall–Kier alpha value is -3.97. The number of morpholine rings is 1. The highest BCUT2D eigenvalue weighted by Gasteiger charge is 2.32. The van der Waals surface area contributed by atoms with Gasteiger partial charge >= 0.3 is 6.03 Å². The molecule has 3 amide bonds. The van der Waals surface area contributed by atoms with Crippen molar-refractivity contribution in [3.63, 3.8) is 0 Å². The Morgan fingerprint density at radius 1 is 1.00 bits per heavy atom. The number of Topliss-reactive ketones (excluding diaryl/α,β-unsaturated/α-hetero) is 1. The number of ketones is 1. The van der Waals surface area contributed by atoms with E-state index in [1.54, 1.807) is 23.2 Å². The van der Waals surface area contributed by atoms with Gasteiger partial charge in [-0.1, -0.05) is 12.1 Å². The zero-order valence-electron chi connectivity index (χ0n) is 25.6. The van der Waals surface area contributed by atoms with Crippen molar-refractivity contribution in [2.75, 3.05) is 64.4 Å². The second-order valence-corrected chi connectivity index (χ2v) is 11.6. The summed E-state index contributed by atoms with van der Waals surface area (Å²) in [5.41, 5.74) is 10.3. The number of piperazine rings is 1. The SMILES string of the molecule is CC(C)N1CCN(C(=O)COc2ccc(C3=C4CCC(=NN3)c3cccc(NC(=O)NN5CCOCC5)c3C4=O)cc2)CC1.Cl. The van der Waals surface area contributed by atoms with Crippen LogP contribution in [-0.4, -0.2) is 103 Å². The molecule has 0 radical (unpaired) electrons. The number of nitrogens with one attached hydrogen (secondary N) is 3. The molecule has 4 aliphatic rings. The van der Waals surface area contributed by atoms with E-state index in [1.165, 1.54) is 0 Å². The van der Waals surface area contributed by atoms with Gasteiger partial charge in [-0.05, 0) is 57.0 Å². The van der Waals surface area contributed by atoms with Gasteiger partial charge in [-0.25, -0.2) is 9.80 Å². The third kappa shape index (κ3) is 7.30. The van der Waals surface area contributed by atoms with Gasteiger partial charge in [-0.3, -0.25) is 25.3 Å². The van der Waals surface area contributed by atoms with Crippen LogP contribution in [0.1, 0.15) is 48.2 Å². The number of fused-ring (bicyclic) bond motifs is 5. The molecule has 2 aromatic carbocycles. The molecule has 3 aliphatic heterocycles. The van der Waals surface area contributed by atoms with Gasteiger partial charge in [0.2, 0.25) is 0 Å². The highest BCUT2D eigenvalue weighted by molar-refractivity contribution is 6.25. The Kier molecular flexibility index (Phi) is 10.4. The number of anilines is 1. The standard InChI is InChI=1S/C32H39N7O5.ClH/c1-21(2)37-12-14-38(15-13-37)28(40)20-44-23-8-6-22(7-9-23)30-25-10-11-26(34-35-30)24-4-3-5-27(29(24)31(25)41)33-32(42)36-39-16-18-43-19-17-39;/h3-9,21,35H,10-20H2,1-2H3,(H2,33,36,42);1H. The van der Waals surface area contributed by atoms with E-state index >= 15 is 0 Å². The Morgan fingerprint density at radius 2 is 1.73 bits per heavy atom. The zero-order valence-corrected chi connectivity index (χ0v) is 26.5. The number of allylic oxidation sites excluding steroid dienone is 1. The fourth-order valence-corrected chi connectivity index (χ4v) is 5.98. The van der Waals surface area contributed by atoms with Crippen LogP contribution in [0.3, 0.4) is 0 Å². The lowest BCUT2D eigenvalue weighted by Crippen LogP contribution is -2.51. The molecule has 12 nitrogen and oxygen atoms in total. The van der Waals surface area contributed by atoms with Crippen LogP contribution in [0.2, 0.25) is 0 Å². The predicted octanol–water partition coefficient (Wildman–Crippen LogP) is 3.10. The fourth-order valence-electron chi connectivity index (χ4n) is 5.98. The number of hydrazone groups is 1. The number of ether oxygens (including phenoxy) is 2. The number of hydrogen-bond donors (Lipinski definition) is 3. The summed E-state index contributed by atoms with van der Waals surface area (Å²) >= 11 is 0. The highest BCUT2D eigenvalue weighted by Crippen LogP contribution is 2.35. The van der Waals surface area contributed by atoms with Crippen LogP contribution in [0.5, 0.6) is 5.75 Å². The van der Waals surface area contributed by atoms with Crippen LogP contribution < -0.4 is 20.9 Å². The quantitative estimate of drug-likeness (QED) is 0.423. The molecule has 0 unspecified atom stereocenters. The topological polar surface area (TPSA) is 128 Å². The first-order valence-electron chi connectivity index (χ1n) is 15.3. The van der Waals surface area contributed by atoms with Crippen LogP contribution in [0.4, 0.5) is 10.5 Å². The van der Waals surface area contributed by atoms with E-state index in [9.17, 15) is 14.4 Å². The second-order valence-electron chi connectivity index (χ2n) is 11.6. The molecule has 0 aromatic heterocycles. The molecular formula is C32H40ClN7O5. The first-order chi connectivity index (χ1) is 21.4. The maximum absolute atomic E-state index is 14.1. The Balaban J connectivity index is 0.00000400. The maximum Gasteiger partial charge on any atom is 0.333 e. The van der Waals surface area contributed by atoms with Crippen molar-refractivity contribution in [2.24, 2.45) is 5.10 Å². The molecule has 2 saturated heterocycles. The van der Waals surface area contributed by atoms with Crippen LogP contribution in [-0.2, 0) is 9.53 Å². The summed E-state index contributed by atoms with van der Waals surface area (Å²) < 4.78 is 11.2. The molecule has 2 bridgehead atoms. The van der Waals surface area contributed by atoms with E-state index < -0.39 is 6.03 Å². The Morgan fingerprint density at radius 3 is 2.44 bits per heavy atom. The molecular weight excluding hydrogens is 598 g/mol. The van der Waals surface area contributed by atoms with E-state index in [0.717, 1.165) is 24.4 Å². The first kappa shape index (κ1) is 32.4. The minimum Gasteiger partial charge on any atom is -0.484 e. The van der Waals surface area contributed by atoms with Crippen LogP contribution in [0.25, 0.3) is 5.70 Å². The molecule has 2 aromatic rings. The van der Waals surface area contributed by atoms with Gasteiger partial charge in [0, 0.05) is 62.0 Å². The summed E-state index contributed by atoms with van der Waals surface area (Å²) in [6.07, 6.45) is 1.09. The van der Waals surface area contributed by atoms with Crippen molar-refractivity contribution in [2.45, 2.75) is 32.7 Å². The minimum atomic E-state index is -0.413. The number of benzene rings is 2. The minimum absolute atomic E-state index is 0. The molecule has 3 N–H and O–H groups in total. The van der Waals surface area contributed by atoms with E-state index in [-0.39, 0.29) is 30.7 Å². The van der Waals surface area contributed by atoms with E-state index in [1.807, 2.05) is 29.2 Å². The second kappa shape index (κ2) is 14.4. The lowest BCUT2D eigenvalue weighted by atomic mass is 9.94. The van der Waals surface area contributed by atoms with Crippen molar-refractivity contribution in [1.29, 1.82) is 0 Å². The van der Waals surface area contributed by atoms with E-state index in [4.69, 9.17) is 9.47 Å². The number of urea groups is 1. The monoisotopic (exact) mass is 637 g/mol. The van der Waals surface area contributed by atoms with Crippen molar-refractivity contribution in [1.82, 2.24) is 25.7 Å². The lowest BCUT2D eigenvalue weighted by molar-refractivity contribution is -0.135. The van der Waals surface area contributed by atoms with Crippen molar-refractivity contribution >= 4 is 47.2 Å². The molecule has 13 heteroatoms. The number of rotatable bonds is 7. The van der Waals surface area contributed by atoms with Crippen molar-refractivity contribution < 1.29 is 23.9 Å². The molecule has 6 rings (SSSR count). The Labute approximate surface area is 269 Å². The molecule has 2 fully saturated rings. The lowest BCUT2D eigenvalue weighted by Gasteiger charge is -2.36. The predicted molar refractivity (Wildman–Crippen MR) is 174 cm³/mol. The van der Waals surface area contributed by atoms with Crippen molar-refractivity contribution in [3.8, 4) is 5.75 Å². The van der Waals surface area contributed by atoms with Gasteiger partial charge in [0.15, 0.2) is 12.4 Å². The van der Waals surface area contributed by atoms with Crippen LogP contribution in [0.15, 0.2) is 53.1 Å². The molecule has 240 valence electrons. The summed E-state index contributed by atoms with van der Waals surface area (Å²) in [7, 11) is 0. The summed E-state index contributed by atoms with van der Waals surface area (Å²) in [6, 6.07) is 12.8. The van der Waals surface area contributed by atoms with Crippen LogP contribution >= 0.6 is 12.4 Å². The average Bonchev–Trinajstić information content (AvgIpc) is 3.34. The van der Waals surface area contributed by atoms with Crippen LogP contribution in [0, 0.1) is 0 Å². The van der Waals surface area contributed by atoms with Gasteiger partial charge in [0.05, 0.1) is 35.9 Å². The first-order valence-corrected chi connectivity index (χ1v) is 15.3.